The van der Waals surface area contributed by atoms with E-state index in [2.05, 4.69) is 19.9 Å². The Morgan fingerprint density at radius 1 is 0.556 bits per heavy atom. The number of aryl methyl sites for hydroxylation is 2. The monoisotopic (exact) mass is 516 g/mol. The van der Waals surface area contributed by atoms with E-state index >= 15 is 0 Å². The number of fused-ring (bicyclic) bond motifs is 1. The fourth-order valence-electron chi connectivity index (χ4n) is 5.40. The van der Waals surface area contributed by atoms with Gasteiger partial charge in [0.2, 0.25) is 0 Å². The molecule has 0 fully saturated rings. The molecule has 0 unspecified atom stereocenters. The zero-order valence-corrected chi connectivity index (χ0v) is 24.0. The van der Waals surface area contributed by atoms with E-state index < -0.39 is 10.1 Å². The molecule has 0 saturated carbocycles. The first-order valence-electron chi connectivity index (χ1n) is 15.0. The van der Waals surface area contributed by atoms with Crippen LogP contribution in [0.1, 0.15) is 141 Å². The van der Waals surface area contributed by atoms with Gasteiger partial charge in [-0.25, -0.2) is 0 Å². The maximum atomic E-state index is 12.2. The minimum Gasteiger partial charge on any atom is -0.282 e. The van der Waals surface area contributed by atoms with Crippen LogP contribution in [-0.2, 0) is 23.0 Å². The van der Waals surface area contributed by atoms with Gasteiger partial charge in [-0.2, -0.15) is 8.42 Å². The molecule has 0 bridgehead atoms. The van der Waals surface area contributed by atoms with E-state index in [1.54, 1.807) is 6.07 Å². The molecule has 3 nitrogen and oxygen atoms in total. The first kappa shape index (κ1) is 30.8. The topological polar surface area (TPSA) is 54.4 Å². The highest BCUT2D eigenvalue weighted by molar-refractivity contribution is 7.86. The molecule has 0 aliphatic carbocycles. The van der Waals surface area contributed by atoms with Gasteiger partial charge >= 0.3 is 0 Å². The van der Waals surface area contributed by atoms with E-state index in [1.165, 1.54) is 108 Å². The molecule has 36 heavy (non-hydrogen) atoms. The van der Waals surface area contributed by atoms with Crippen LogP contribution in [0.3, 0.4) is 0 Å². The van der Waals surface area contributed by atoms with Crippen molar-refractivity contribution in [1.82, 2.24) is 0 Å². The molecule has 0 saturated heterocycles. The molecule has 0 atom stereocenters. The number of rotatable bonds is 21. The van der Waals surface area contributed by atoms with Crippen LogP contribution < -0.4 is 0 Å². The minimum absolute atomic E-state index is 0.0693. The predicted octanol–water partition coefficient (Wildman–Crippen LogP) is 10.2. The van der Waals surface area contributed by atoms with Crippen LogP contribution in [0.25, 0.3) is 10.8 Å². The predicted molar refractivity (Wildman–Crippen MR) is 156 cm³/mol. The summed E-state index contributed by atoms with van der Waals surface area (Å²) in [5.74, 6) is 0. The molecule has 4 heteroatoms. The third kappa shape index (κ3) is 11.3. The summed E-state index contributed by atoms with van der Waals surface area (Å²) in [6.45, 7) is 4.51. The fraction of sp³-hybridized carbons (Fsp3) is 0.688. The van der Waals surface area contributed by atoms with Gasteiger partial charge in [-0.05, 0) is 48.3 Å². The van der Waals surface area contributed by atoms with Gasteiger partial charge in [0.05, 0.1) is 0 Å². The standard InChI is InChI=1S/C32H52O3S/c1-3-5-7-9-11-13-15-17-19-22-28-26-27-31(36(33,34)35)32-29(24-21-25-30(28)32)23-20-18-16-14-12-10-8-6-4-2/h21,24-27H,3-20,22-23H2,1-2H3,(H,33,34,35). The summed E-state index contributed by atoms with van der Waals surface area (Å²) in [6, 6.07) is 9.68. The van der Waals surface area contributed by atoms with Gasteiger partial charge < -0.3 is 0 Å². The lowest BCUT2D eigenvalue weighted by Gasteiger charge is -2.14. The van der Waals surface area contributed by atoms with E-state index in [0.717, 1.165) is 42.0 Å². The molecule has 2 rings (SSSR count). The Morgan fingerprint density at radius 3 is 1.47 bits per heavy atom. The lowest BCUT2D eigenvalue weighted by Crippen LogP contribution is -2.03. The highest BCUT2D eigenvalue weighted by atomic mass is 32.2. The molecular formula is C32H52O3S. The normalized spacial score (nSPS) is 12.0. The van der Waals surface area contributed by atoms with Gasteiger partial charge in [0.1, 0.15) is 4.90 Å². The lowest BCUT2D eigenvalue weighted by molar-refractivity contribution is 0.484. The third-order valence-electron chi connectivity index (χ3n) is 7.56. The van der Waals surface area contributed by atoms with Crippen LogP contribution >= 0.6 is 0 Å². The maximum absolute atomic E-state index is 12.2. The molecule has 0 radical (unpaired) electrons. The zero-order chi connectivity index (χ0) is 26.1. The largest absolute Gasteiger partial charge is 0.295 e. The van der Waals surface area contributed by atoms with Gasteiger partial charge in [0, 0.05) is 5.39 Å². The second-order valence-corrected chi connectivity index (χ2v) is 12.1. The van der Waals surface area contributed by atoms with Crippen molar-refractivity contribution < 1.29 is 13.0 Å². The van der Waals surface area contributed by atoms with Crippen molar-refractivity contribution in [1.29, 1.82) is 0 Å². The van der Waals surface area contributed by atoms with Crippen LogP contribution in [0, 0.1) is 0 Å². The molecule has 0 heterocycles. The van der Waals surface area contributed by atoms with Gasteiger partial charge in [-0.15, -0.1) is 0 Å². The van der Waals surface area contributed by atoms with Gasteiger partial charge in [-0.1, -0.05) is 141 Å². The van der Waals surface area contributed by atoms with Crippen LogP contribution in [0.5, 0.6) is 0 Å². The van der Waals surface area contributed by atoms with E-state index in [4.69, 9.17) is 0 Å². The first-order chi connectivity index (χ1) is 17.5. The van der Waals surface area contributed by atoms with Crippen molar-refractivity contribution in [3.8, 4) is 0 Å². The highest BCUT2D eigenvalue weighted by Crippen LogP contribution is 2.31. The lowest BCUT2D eigenvalue weighted by atomic mass is 9.94. The first-order valence-corrected chi connectivity index (χ1v) is 16.4. The molecule has 2 aromatic rings. The third-order valence-corrected chi connectivity index (χ3v) is 8.45. The van der Waals surface area contributed by atoms with Crippen LogP contribution in [0.2, 0.25) is 0 Å². The molecule has 0 spiro atoms. The average molecular weight is 517 g/mol. The van der Waals surface area contributed by atoms with Crippen molar-refractivity contribution >= 4 is 20.9 Å². The molecule has 0 aromatic heterocycles. The van der Waals surface area contributed by atoms with E-state index in [9.17, 15) is 13.0 Å². The summed E-state index contributed by atoms with van der Waals surface area (Å²) in [5.41, 5.74) is 2.26. The minimum atomic E-state index is -4.26. The molecule has 0 aliphatic rings. The van der Waals surface area contributed by atoms with E-state index in [-0.39, 0.29) is 4.90 Å². The van der Waals surface area contributed by atoms with Crippen molar-refractivity contribution in [3.05, 3.63) is 41.5 Å². The summed E-state index contributed by atoms with van der Waals surface area (Å²) in [6.07, 6.45) is 24.9. The van der Waals surface area contributed by atoms with Crippen LogP contribution in [0.15, 0.2) is 35.2 Å². The SMILES string of the molecule is CCCCCCCCCCCc1ccc(S(=O)(=O)O)c2c(CCCCCCCCCCC)cccc12. The summed E-state index contributed by atoms with van der Waals surface area (Å²) < 4.78 is 34.4. The second kappa shape index (κ2) is 18.0. The Labute approximate surface area is 222 Å². The Morgan fingerprint density at radius 2 is 1.00 bits per heavy atom. The molecular weight excluding hydrogens is 464 g/mol. The summed E-state index contributed by atoms with van der Waals surface area (Å²) in [4.78, 5) is 0.0693. The Kier molecular flexibility index (Phi) is 15.4. The Balaban J connectivity index is 1.94. The highest BCUT2D eigenvalue weighted by Gasteiger charge is 2.18. The number of unbranched alkanes of at least 4 members (excludes halogenated alkanes) is 16. The van der Waals surface area contributed by atoms with Gasteiger partial charge in [-0.3, -0.25) is 4.55 Å². The molecule has 1 N–H and O–H groups in total. The molecule has 0 amide bonds. The van der Waals surface area contributed by atoms with Gasteiger partial charge in [0.25, 0.3) is 10.1 Å². The summed E-state index contributed by atoms with van der Waals surface area (Å²) >= 11 is 0. The Bertz CT molecular complexity index is 965. The van der Waals surface area contributed by atoms with Crippen molar-refractivity contribution in [2.24, 2.45) is 0 Å². The van der Waals surface area contributed by atoms with Crippen LogP contribution in [-0.4, -0.2) is 13.0 Å². The fourth-order valence-corrected chi connectivity index (χ4v) is 6.14. The van der Waals surface area contributed by atoms with Crippen molar-refractivity contribution in [2.45, 2.75) is 147 Å². The van der Waals surface area contributed by atoms with Gasteiger partial charge in [0.15, 0.2) is 0 Å². The molecule has 2 aromatic carbocycles. The van der Waals surface area contributed by atoms with Crippen LogP contribution in [0.4, 0.5) is 0 Å². The van der Waals surface area contributed by atoms with Crippen molar-refractivity contribution in [3.63, 3.8) is 0 Å². The molecule has 204 valence electrons. The maximum Gasteiger partial charge on any atom is 0.295 e. The zero-order valence-electron chi connectivity index (χ0n) is 23.2. The number of hydrogen-bond acceptors (Lipinski definition) is 2. The molecule has 0 aliphatic heterocycles. The number of benzene rings is 2. The smallest absolute Gasteiger partial charge is 0.282 e. The average Bonchev–Trinajstić information content (AvgIpc) is 2.86. The van der Waals surface area contributed by atoms with Crippen molar-refractivity contribution in [2.75, 3.05) is 0 Å². The Hall–Kier alpha value is -1.39. The van der Waals surface area contributed by atoms with E-state index in [0.29, 0.717) is 0 Å². The summed E-state index contributed by atoms with van der Waals surface area (Å²) in [7, 11) is -4.26. The second-order valence-electron chi connectivity index (χ2n) is 10.7. The quantitative estimate of drug-likeness (QED) is 0.133. The van der Waals surface area contributed by atoms with E-state index in [1.807, 2.05) is 18.2 Å². The summed E-state index contributed by atoms with van der Waals surface area (Å²) in [5, 5.41) is 1.74. The number of hydrogen-bond donors (Lipinski definition) is 1.